The minimum Gasteiger partial charge on any atom is -0.380 e. The minimum atomic E-state index is -0.680. The van der Waals surface area contributed by atoms with Gasteiger partial charge in [-0.15, -0.1) is 0 Å². The van der Waals surface area contributed by atoms with Crippen molar-refractivity contribution in [3.63, 3.8) is 0 Å². The van der Waals surface area contributed by atoms with Gasteiger partial charge >= 0.3 is 0 Å². The van der Waals surface area contributed by atoms with E-state index in [0.29, 0.717) is 17.9 Å². The Morgan fingerprint density at radius 3 is 2.61 bits per heavy atom. The van der Waals surface area contributed by atoms with Crippen molar-refractivity contribution in [1.82, 2.24) is 5.06 Å². The van der Waals surface area contributed by atoms with E-state index in [1.165, 1.54) is 12.8 Å². The van der Waals surface area contributed by atoms with Gasteiger partial charge in [-0.25, -0.2) is 0 Å². The second-order valence-electron chi connectivity index (χ2n) is 8.45. The summed E-state index contributed by atoms with van der Waals surface area (Å²) in [7, 11) is 0. The van der Waals surface area contributed by atoms with Crippen LogP contribution in [0.25, 0.3) is 0 Å². The molecule has 0 N–H and O–H groups in total. The van der Waals surface area contributed by atoms with Gasteiger partial charge in [-0.1, -0.05) is 44.0 Å². The fourth-order valence-corrected chi connectivity index (χ4v) is 5.53. The van der Waals surface area contributed by atoms with Crippen LogP contribution < -0.4 is 0 Å². The number of nitrogens with zero attached hydrogens (tertiary/aromatic N) is 2. The molecular weight excluding hydrogens is 288 g/mol. The molecule has 1 saturated heterocycles. The molecule has 3 fully saturated rings. The molecule has 4 heteroatoms. The number of hydrogen-bond acceptors (Lipinski definition) is 4. The lowest BCUT2D eigenvalue weighted by Crippen LogP contribution is -2.45. The van der Waals surface area contributed by atoms with Crippen LogP contribution in [0.2, 0.25) is 0 Å². The Hall–Kier alpha value is -1.39. The van der Waals surface area contributed by atoms with Crippen molar-refractivity contribution >= 4 is 5.90 Å². The summed E-state index contributed by atoms with van der Waals surface area (Å²) in [5, 5.41) is 2.05. The second-order valence-corrected chi connectivity index (χ2v) is 8.45. The van der Waals surface area contributed by atoms with Gasteiger partial charge in [-0.2, -0.15) is 4.99 Å². The van der Waals surface area contributed by atoms with Crippen LogP contribution in [0.15, 0.2) is 35.3 Å². The molecule has 2 bridgehead atoms. The van der Waals surface area contributed by atoms with Crippen molar-refractivity contribution in [2.75, 3.05) is 0 Å². The highest BCUT2D eigenvalue weighted by Gasteiger charge is 2.75. The molecule has 4 nitrogen and oxygen atoms in total. The molecule has 0 radical (unpaired) electrons. The molecule has 2 heterocycles. The standard InChI is InChI=1S/C19H24N2O2/c1-17(2)13-10-11-18(17,3)15-14(13)21-19(4,22-15)20-16(23-21)12-8-6-5-7-9-12/h5-9,13-15H,10-11H2,1-4H3/t13?,14?,15?,18?,19-/m0/s1. The maximum Gasteiger partial charge on any atom is 0.250 e. The topological polar surface area (TPSA) is 34.1 Å². The average Bonchev–Trinajstić information content (AvgIpc) is 3.11. The fraction of sp³-hybridized carbons (Fsp3) is 0.632. The van der Waals surface area contributed by atoms with Crippen molar-refractivity contribution < 1.29 is 9.57 Å². The van der Waals surface area contributed by atoms with E-state index in [0.717, 1.165) is 5.56 Å². The lowest BCUT2D eigenvalue weighted by Gasteiger charge is -2.38. The number of hydrogen-bond donors (Lipinski definition) is 0. The molecule has 5 rings (SSSR count). The van der Waals surface area contributed by atoms with Crippen LogP contribution in [0.5, 0.6) is 0 Å². The van der Waals surface area contributed by atoms with E-state index in [9.17, 15) is 0 Å². The largest absolute Gasteiger partial charge is 0.380 e. The molecule has 0 aromatic heterocycles. The normalized spacial score (nSPS) is 46.4. The first-order valence-electron chi connectivity index (χ1n) is 8.67. The van der Waals surface area contributed by atoms with Crippen LogP contribution in [-0.2, 0) is 9.57 Å². The fourth-order valence-electron chi connectivity index (χ4n) is 5.53. The Morgan fingerprint density at radius 2 is 1.87 bits per heavy atom. The smallest absolute Gasteiger partial charge is 0.250 e. The first-order chi connectivity index (χ1) is 10.9. The van der Waals surface area contributed by atoms with Crippen molar-refractivity contribution in [3.05, 3.63) is 35.9 Å². The first kappa shape index (κ1) is 14.0. The van der Waals surface area contributed by atoms with E-state index in [4.69, 9.17) is 14.6 Å². The zero-order valence-electron chi connectivity index (χ0n) is 14.2. The summed E-state index contributed by atoms with van der Waals surface area (Å²) in [5.41, 5.74) is 1.50. The highest BCUT2D eigenvalue weighted by atomic mass is 16.8. The maximum atomic E-state index is 6.53. The molecule has 4 unspecified atom stereocenters. The second kappa shape index (κ2) is 3.98. The van der Waals surface area contributed by atoms with Crippen molar-refractivity contribution in [2.45, 2.75) is 58.5 Å². The third kappa shape index (κ3) is 1.47. The molecule has 4 aliphatic rings. The molecule has 23 heavy (non-hydrogen) atoms. The SMILES string of the molecule is CC1(C)C2CCC1(C)C1O[C@@]3(C)N=C(c4ccccc4)ON3C21. The van der Waals surface area contributed by atoms with Crippen LogP contribution in [-0.4, -0.2) is 29.0 Å². The van der Waals surface area contributed by atoms with Gasteiger partial charge in [-0.05, 0) is 36.3 Å². The predicted octanol–water partition coefficient (Wildman–Crippen LogP) is 3.58. The lowest BCUT2D eigenvalue weighted by atomic mass is 9.70. The number of benzene rings is 1. The molecule has 5 atom stereocenters. The van der Waals surface area contributed by atoms with Crippen molar-refractivity contribution in [3.8, 4) is 0 Å². The Balaban J connectivity index is 1.54. The summed E-state index contributed by atoms with van der Waals surface area (Å²) >= 11 is 0. The van der Waals surface area contributed by atoms with Gasteiger partial charge in [0.15, 0.2) is 0 Å². The quantitative estimate of drug-likeness (QED) is 0.795. The van der Waals surface area contributed by atoms with Crippen LogP contribution >= 0.6 is 0 Å². The molecule has 122 valence electrons. The molecule has 1 aromatic rings. The molecule has 0 amide bonds. The highest BCUT2D eigenvalue weighted by molar-refractivity contribution is 5.95. The Bertz CT molecular complexity index is 701. The van der Waals surface area contributed by atoms with E-state index in [1.807, 2.05) is 37.3 Å². The van der Waals surface area contributed by atoms with E-state index < -0.39 is 5.85 Å². The first-order valence-corrected chi connectivity index (χ1v) is 8.67. The summed E-state index contributed by atoms with van der Waals surface area (Å²) in [6.45, 7) is 9.24. The van der Waals surface area contributed by atoms with Crippen LogP contribution in [0.3, 0.4) is 0 Å². The molecule has 2 aliphatic heterocycles. The number of fused-ring (bicyclic) bond motifs is 7. The van der Waals surface area contributed by atoms with Crippen LogP contribution in [0, 0.1) is 16.7 Å². The van der Waals surface area contributed by atoms with E-state index in [1.54, 1.807) is 0 Å². The van der Waals surface area contributed by atoms with Gasteiger partial charge in [0.2, 0.25) is 5.90 Å². The zero-order chi connectivity index (χ0) is 16.0. The monoisotopic (exact) mass is 312 g/mol. The Kier molecular flexibility index (Phi) is 2.42. The summed E-state index contributed by atoms with van der Waals surface area (Å²) in [5.74, 6) is 0.600. The van der Waals surface area contributed by atoms with E-state index >= 15 is 0 Å². The third-order valence-corrected chi connectivity index (χ3v) is 7.27. The minimum absolute atomic E-state index is 0.210. The molecule has 0 spiro atoms. The molecular formula is C19H24N2O2. The third-order valence-electron chi connectivity index (χ3n) is 7.27. The number of hydroxylamine groups is 2. The van der Waals surface area contributed by atoms with Gasteiger partial charge < -0.3 is 9.57 Å². The van der Waals surface area contributed by atoms with Gasteiger partial charge in [0.05, 0.1) is 12.1 Å². The number of ether oxygens (including phenoxy) is 1. The summed E-state index contributed by atoms with van der Waals surface area (Å²) < 4.78 is 6.53. The van der Waals surface area contributed by atoms with Gasteiger partial charge in [0.1, 0.15) is 0 Å². The molecule has 2 saturated carbocycles. The van der Waals surface area contributed by atoms with Gasteiger partial charge in [-0.3, -0.25) is 0 Å². The Morgan fingerprint density at radius 1 is 1.13 bits per heavy atom. The van der Waals surface area contributed by atoms with Gasteiger partial charge in [0, 0.05) is 17.9 Å². The average molecular weight is 312 g/mol. The lowest BCUT2D eigenvalue weighted by molar-refractivity contribution is -0.206. The van der Waals surface area contributed by atoms with Crippen LogP contribution in [0.1, 0.15) is 46.1 Å². The van der Waals surface area contributed by atoms with Crippen molar-refractivity contribution in [1.29, 1.82) is 0 Å². The predicted molar refractivity (Wildman–Crippen MR) is 87.6 cm³/mol. The number of rotatable bonds is 1. The summed E-state index contributed by atoms with van der Waals surface area (Å²) in [4.78, 5) is 11.0. The van der Waals surface area contributed by atoms with Crippen LogP contribution in [0.4, 0.5) is 0 Å². The summed E-state index contributed by atoms with van der Waals surface area (Å²) in [6.07, 6.45) is 2.71. The maximum absolute atomic E-state index is 6.53. The van der Waals surface area contributed by atoms with E-state index in [-0.39, 0.29) is 16.9 Å². The number of aliphatic imine (C=N–C) groups is 1. The molecule has 1 aromatic carbocycles. The highest BCUT2D eigenvalue weighted by Crippen LogP contribution is 2.70. The van der Waals surface area contributed by atoms with Crippen molar-refractivity contribution in [2.24, 2.45) is 21.7 Å². The van der Waals surface area contributed by atoms with Gasteiger partial charge in [0.25, 0.3) is 5.85 Å². The zero-order valence-corrected chi connectivity index (χ0v) is 14.2. The summed E-state index contributed by atoms with van der Waals surface area (Å²) in [6, 6.07) is 10.4. The molecule has 2 aliphatic carbocycles. The van der Waals surface area contributed by atoms with E-state index in [2.05, 4.69) is 25.8 Å². The Labute approximate surface area is 137 Å².